The zero-order valence-electron chi connectivity index (χ0n) is 8.16. The standard InChI is InChI=1S/C11H14FNO/c1-14-11-5-7(2-3-10(11)12)9-4-8(9)6-13/h2-3,5,8-9H,4,6,13H2,1H3/t8-,9-/m0/s1. The van der Waals surface area contributed by atoms with Gasteiger partial charge in [-0.2, -0.15) is 0 Å². The molecule has 0 saturated heterocycles. The van der Waals surface area contributed by atoms with E-state index in [0.717, 1.165) is 12.0 Å². The molecule has 0 unspecified atom stereocenters. The fourth-order valence-corrected chi connectivity index (χ4v) is 1.82. The van der Waals surface area contributed by atoms with Crippen molar-refractivity contribution < 1.29 is 9.13 Å². The molecule has 0 aromatic heterocycles. The van der Waals surface area contributed by atoms with Crippen LogP contribution in [-0.4, -0.2) is 13.7 Å². The van der Waals surface area contributed by atoms with Gasteiger partial charge in [0.2, 0.25) is 0 Å². The Bertz CT molecular complexity index is 340. The third-order valence-corrected chi connectivity index (χ3v) is 2.83. The summed E-state index contributed by atoms with van der Waals surface area (Å²) in [6, 6.07) is 5.05. The van der Waals surface area contributed by atoms with Crippen LogP contribution >= 0.6 is 0 Å². The van der Waals surface area contributed by atoms with E-state index in [0.29, 0.717) is 24.1 Å². The quantitative estimate of drug-likeness (QED) is 0.799. The lowest BCUT2D eigenvalue weighted by Crippen LogP contribution is -2.02. The maximum atomic E-state index is 13.1. The lowest BCUT2D eigenvalue weighted by Gasteiger charge is -2.04. The predicted molar refractivity (Wildman–Crippen MR) is 52.9 cm³/mol. The molecular weight excluding hydrogens is 181 g/mol. The first-order valence-corrected chi connectivity index (χ1v) is 4.79. The first kappa shape index (κ1) is 9.46. The Balaban J connectivity index is 2.20. The Kier molecular flexibility index (Phi) is 2.42. The minimum Gasteiger partial charge on any atom is -0.494 e. The smallest absolute Gasteiger partial charge is 0.165 e. The normalized spacial score (nSPS) is 24.8. The van der Waals surface area contributed by atoms with E-state index < -0.39 is 0 Å². The molecule has 1 fully saturated rings. The van der Waals surface area contributed by atoms with Crippen molar-refractivity contribution in [3.8, 4) is 5.75 Å². The Hall–Kier alpha value is -1.09. The van der Waals surface area contributed by atoms with Crippen LogP contribution in [0.25, 0.3) is 0 Å². The largest absolute Gasteiger partial charge is 0.494 e. The molecule has 3 heteroatoms. The number of halogens is 1. The van der Waals surface area contributed by atoms with Crippen molar-refractivity contribution in [1.82, 2.24) is 0 Å². The highest BCUT2D eigenvalue weighted by atomic mass is 19.1. The lowest BCUT2D eigenvalue weighted by molar-refractivity contribution is 0.386. The summed E-state index contributed by atoms with van der Waals surface area (Å²) in [5, 5.41) is 0. The molecule has 0 amide bonds. The van der Waals surface area contributed by atoms with Gasteiger partial charge in [-0.3, -0.25) is 0 Å². The van der Waals surface area contributed by atoms with E-state index in [1.807, 2.05) is 6.07 Å². The van der Waals surface area contributed by atoms with Gasteiger partial charge in [0.25, 0.3) is 0 Å². The van der Waals surface area contributed by atoms with Crippen molar-refractivity contribution in [2.45, 2.75) is 12.3 Å². The summed E-state index contributed by atoms with van der Waals surface area (Å²) in [6.07, 6.45) is 1.12. The molecule has 0 heterocycles. The average molecular weight is 195 g/mol. The summed E-state index contributed by atoms with van der Waals surface area (Å²) >= 11 is 0. The number of nitrogens with two attached hydrogens (primary N) is 1. The number of rotatable bonds is 3. The van der Waals surface area contributed by atoms with Crippen LogP contribution in [0.2, 0.25) is 0 Å². The molecule has 2 nitrogen and oxygen atoms in total. The minimum atomic E-state index is -0.304. The average Bonchev–Trinajstić information content (AvgIpc) is 2.98. The summed E-state index contributed by atoms with van der Waals surface area (Å²) in [6.45, 7) is 0.713. The van der Waals surface area contributed by atoms with Gasteiger partial charge in [-0.25, -0.2) is 4.39 Å². The molecule has 1 aliphatic carbocycles. The second-order valence-corrected chi connectivity index (χ2v) is 3.73. The molecule has 2 rings (SSSR count). The summed E-state index contributed by atoms with van der Waals surface area (Å²) in [7, 11) is 1.48. The van der Waals surface area contributed by atoms with E-state index in [-0.39, 0.29) is 5.82 Å². The third-order valence-electron chi connectivity index (χ3n) is 2.83. The molecule has 1 aliphatic rings. The number of hydrogen-bond donors (Lipinski definition) is 1. The summed E-state index contributed by atoms with van der Waals surface area (Å²) in [4.78, 5) is 0. The van der Waals surface area contributed by atoms with Gasteiger partial charge < -0.3 is 10.5 Å². The molecule has 14 heavy (non-hydrogen) atoms. The van der Waals surface area contributed by atoms with Crippen LogP contribution < -0.4 is 10.5 Å². The molecule has 2 atom stereocenters. The maximum Gasteiger partial charge on any atom is 0.165 e. The van der Waals surface area contributed by atoms with E-state index in [9.17, 15) is 4.39 Å². The molecule has 0 aliphatic heterocycles. The van der Waals surface area contributed by atoms with Crippen molar-refractivity contribution in [2.24, 2.45) is 11.7 Å². The van der Waals surface area contributed by atoms with Crippen LogP contribution in [0.3, 0.4) is 0 Å². The summed E-state index contributed by atoms with van der Waals surface area (Å²) in [5.41, 5.74) is 6.69. The summed E-state index contributed by atoms with van der Waals surface area (Å²) in [5.74, 6) is 1.10. The van der Waals surface area contributed by atoms with Crippen LogP contribution in [-0.2, 0) is 0 Å². The Morgan fingerprint density at radius 2 is 2.36 bits per heavy atom. The lowest BCUT2D eigenvalue weighted by atomic mass is 10.1. The topological polar surface area (TPSA) is 35.2 Å². The number of benzene rings is 1. The monoisotopic (exact) mass is 195 g/mol. The van der Waals surface area contributed by atoms with Crippen LogP contribution in [0, 0.1) is 11.7 Å². The maximum absolute atomic E-state index is 13.1. The first-order chi connectivity index (χ1) is 6.76. The first-order valence-electron chi connectivity index (χ1n) is 4.79. The molecule has 1 aromatic carbocycles. The second kappa shape index (κ2) is 3.58. The van der Waals surface area contributed by atoms with Gasteiger partial charge in [0.15, 0.2) is 11.6 Å². The number of ether oxygens (including phenoxy) is 1. The molecule has 1 saturated carbocycles. The fraction of sp³-hybridized carbons (Fsp3) is 0.455. The van der Waals surface area contributed by atoms with E-state index >= 15 is 0 Å². The van der Waals surface area contributed by atoms with Crippen molar-refractivity contribution in [1.29, 1.82) is 0 Å². The van der Waals surface area contributed by atoms with Crippen molar-refractivity contribution in [3.05, 3.63) is 29.6 Å². The highest BCUT2D eigenvalue weighted by Gasteiger charge is 2.37. The van der Waals surface area contributed by atoms with E-state index in [2.05, 4.69) is 0 Å². The Labute approximate surface area is 82.9 Å². The van der Waals surface area contributed by atoms with Crippen LogP contribution in [0.5, 0.6) is 5.75 Å². The predicted octanol–water partition coefficient (Wildman–Crippen LogP) is 1.90. The highest BCUT2D eigenvalue weighted by Crippen LogP contribution is 2.47. The van der Waals surface area contributed by atoms with Crippen molar-refractivity contribution in [3.63, 3.8) is 0 Å². The molecular formula is C11H14FNO. The second-order valence-electron chi connectivity index (χ2n) is 3.73. The van der Waals surface area contributed by atoms with E-state index in [1.54, 1.807) is 6.07 Å². The third kappa shape index (κ3) is 1.60. The SMILES string of the molecule is COc1cc([C@@H]2C[C@H]2CN)ccc1F. The highest BCUT2D eigenvalue weighted by molar-refractivity contribution is 5.35. The van der Waals surface area contributed by atoms with Crippen LogP contribution in [0.4, 0.5) is 4.39 Å². The van der Waals surface area contributed by atoms with Gasteiger partial charge in [0.05, 0.1) is 7.11 Å². The molecule has 0 spiro atoms. The molecule has 76 valence electrons. The van der Waals surface area contributed by atoms with Gasteiger partial charge in [-0.15, -0.1) is 0 Å². The zero-order chi connectivity index (χ0) is 10.1. The van der Waals surface area contributed by atoms with Crippen LogP contribution in [0.1, 0.15) is 17.9 Å². The van der Waals surface area contributed by atoms with Gasteiger partial charge in [-0.05, 0) is 42.5 Å². The molecule has 1 aromatic rings. The van der Waals surface area contributed by atoms with E-state index in [1.165, 1.54) is 13.2 Å². The number of methoxy groups -OCH3 is 1. The molecule has 2 N–H and O–H groups in total. The summed E-state index contributed by atoms with van der Waals surface area (Å²) < 4.78 is 18.0. The minimum absolute atomic E-state index is 0.304. The molecule has 0 bridgehead atoms. The van der Waals surface area contributed by atoms with Crippen molar-refractivity contribution >= 4 is 0 Å². The van der Waals surface area contributed by atoms with Gasteiger partial charge in [-0.1, -0.05) is 6.07 Å². The van der Waals surface area contributed by atoms with Gasteiger partial charge >= 0.3 is 0 Å². The van der Waals surface area contributed by atoms with Gasteiger partial charge in [0, 0.05) is 0 Å². The van der Waals surface area contributed by atoms with E-state index in [4.69, 9.17) is 10.5 Å². The Morgan fingerprint density at radius 1 is 1.57 bits per heavy atom. The Morgan fingerprint density at radius 3 is 2.93 bits per heavy atom. The van der Waals surface area contributed by atoms with Gasteiger partial charge in [0.1, 0.15) is 0 Å². The van der Waals surface area contributed by atoms with Crippen molar-refractivity contribution in [2.75, 3.05) is 13.7 Å². The zero-order valence-corrected chi connectivity index (χ0v) is 8.16. The molecule has 0 radical (unpaired) electrons. The fourth-order valence-electron chi connectivity index (χ4n) is 1.82. The van der Waals surface area contributed by atoms with Crippen LogP contribution in [0.15, 0.2) is 18.2 Å². The number of hydrogen-bond acceptors (Lipinski definition) is 2.